The number of hydrogen-bond donors (Lipinski definition) is 3. The van der Waals surface area contributed by atoms with Crippen LogP contribution < -0.4 is 11.5 Å². The third kappa shape index (κ3) is 11.3. The van der Waals surface area contributed by atoms with Crippen LogP contribution in [0.25, 0.3) is 22.3 Å². The second-order valence-corrected chi connectivity index (χ2v) is 22.4. The average Bonchev–Trinajstić information content (AvgIpc) is 4.29. The van der Waals surface area contributed by atoms with Crippen LogP contribution in [0.5, 0.6) is 0 Å². The normalized spacial score (nSPS) is 34.1. The van der Waals surface area contributed by atoms with Gasteiger partial charge in [0.2, 0.25) is 5.60 Å². The molecule has 4 aromatic rings. The van der Waals surface area contributed by atoms with Gasteiger partial charge >= 0.3 is 36.1 Å². The Bertz CT molecular complexity index is 3010. The minimum Gasteiger partial charge on any atom is -0.454 e. The summed E-state index contributed by atoms with van der Waals surface area (Å²) in [5.74, 6) is 8.26. The predicted molar refractivity (Wildman–Crippen MR) is 269 cm³/mol. The molecule has 2 saturated heterocycles. The van der Waals surface area contributed by atoms with Crippen LogP contribution in [-0.4, -0.2) is 129 Å². The molecule has 0 spiro atoms. The lowest BCUT2D eigenvalue weighted by molar-refractivity contribution is -0.153. The SMILES string of the molecule is C#C[C@]1(COC(=O)OC23CC4CC(CC(C4)C2)C3)O[C@@H](n2cnc3c(N)nc(F)nc32)C[C@@H]1O.C#C[C@]1(COC(=O)OC23CC4CC(CC(C4)C2)C3)O[C@@H](n2cnc3c(N)nc(F)nc32)C[C@@H]1OC(=O)OCC.CCOC(=O)Cl. The Hall–Kier alpha value is -6.87. The number of rotatable bonds is 11. The maximum absolute atomic E-state index is 13.9. The molecule has 24 nitrogen and oxygen atoms in total. The highest BCUT2D eigenvalue weighted by molar-refractivity contribution is 6.61. The van der Waals surface area contributed by atoms with Crippen molar-refractivity contribution in [2.45, 2.75) is 151 Å². The maximum Gasteiger partial charge on any atom is 0.508 e. The highest BCUT2D eigenvalue weighted by Gasteiger charge is 2.57. The monoisotopic (exact) mass is 1120 g/mol. The predicted octanol–water partition coefficient (Wildman–Crippen LogP) is 7.21. The molecule has 14 rings (SSSR count). The number of nitrogens with zero attached hydrogens (tertiary/aromatic N) is 8. The van der Waals surface area contributed by atoms with Gasteiger partial charge in [0.1, 0.15) is 43.0 Å². The second-order valence-electron chi connectivity index (χ2n) is 22.0. The van der Waals surface area contributed by atoms with Crippen LogP contribution >= 0.6 is 11.6 Å². The van der Waals surface area contributed by atoms with E-state index >= 15 is 0 Å². The molecule has 424 valence electrons. The summed E-state index contributed by atoms with van der Waals surface area (Å²) < 4.78 is 79.9. The molecule has 6 heterocycles. The van der Waals surface area contributed by atoms with Crippen molar-refractivity contribution in [1.82, 2.24) is 39.0 Å². The molecule has 0 unspecified atom stereocenters. The Morgan fingerprint density at radius 2 is 1.05 bits per heavy atom. The van der Waals surface area contributed by atoms with E-state index in [1.165, 1.54) is 60.3 Å². The van der Waals surface area contributed by atoms with Crippen LogP contribution in [-0.2, 0) is 42.6 Å². The smallest absolute Gasteiger partial charge is 0.454 e. The molecule has 6 atom stereocenters. The van der Waals surface area contributed by atoms with Crippen molar-refractivity contribution < 1.29 is 75.7 Å². The number of hydrogen-bond acceptors (Lipinski definition) is 22. The molecule has 0 aromatic carbocycles. The summed E-state index contributed by atoms with van der Waals surface area (Å²) in [6, 6.07) is 0. The van der Waals surface area contributed by atoms with Crippen LogP contribution in [0.2, 0.25) is 0 Å². The minimum atomic E-state index is -1.69. The zero-order chi connectivity index (χ0) is 56.0. The zero-order valence-corrected chi connectivity index (χ0v) is 44.2. The van der Waals surface area contributed by atoms with Gasteiger partial charge in [-0.1, -0.05) is 11.8 Å². The number of halogens is 3. The van der Waals surface area contributed by atoms with Crippen LogP contribution in [0.1, 0.15) is 116 Å². The summed E-state index contributed by atoms with van der Waals surface area (Å²) >= 11 is 4.72. The van der Waals surface area contributed by atoms with Gasteiger partial charge in [0, 0.05) is 24.4 Å². The van der Waals surface area contributed by atoms with Crippen molar-refractivity contribution in [3.8, 4) is 24.7 Å². The quantitative estimate of drug-likeness (QED) is 0.0439. The number of carbonyl (C=O) groups is 4. The molecule has 10 fully saturated rings. The third-order valence-corrected chi connectivity index (χ3v) is 16.8. The number of ether oxygens (including phenoxy) is 9. The van der Waals surface area contributed by atoms with Crippen molar-refractivity contribution in [1.29, 1.82) is 0 Å². The molecule has 79 heavy (non-hydrogen) atoms. The van der Waals surface area contributed by atoms with Crippen molar-refractivity contribution in [2.24, 2.45) is 35.5 Å². The van der Waals surface area contributed by atoms with E-state index in [-0.39, 0.29) is 60.0 Å². The molecular formula is C52H61ClF2N10O14. The number of aliphatic hydroxyl groups excluding tert-OH is 1. The van der Waals surface area contributed by atoms with E-state index in [1.807, 2.05) is 0 Å². The van der Waals surface area contributed by atoms with Gasteiger partial charge in [0.25, 0.3) is 0 Å². The Morgan fingerprint density at radius 1 is 0.646 bits per heavy atom. The lowest BCUT2D eigenvalue weighted by Crippen LogP contribution is -2.53. The Morgan fingerprint density at radius 3 is 1.44 bits per heavy atom. The Balaban J connectivity index is 0.000000163. The Kier molecular flexibility index (Phi) is 15.4. The number of imidazole rings is 2. The number of fused-ring (bicyclic) bond motifs is 2. The summed E-state index contributed by atoms with van der Waals surface area (Å²) in [6.45, 7) is 2.92. The van der Waals surface area contributed by atoms with E-state index < -0.39 is 89.7 Å². The van der Waals surface area contributed by atoms with Gasteiger partial charge in [-0.2, -0.15) is 28.7 Å². The second kappa shape index (κ2) is 22.0. The van der Waals surface area contributed by atoms with E-state index in [0.717, 1.165) is 38.5 Å². The van der Waals surface area contributed by atoms with Gasteiger partial charge in [0.15, 0.2) is 45.7 Å². The number of nitrogens with two attached hydrogens (primary N) is 2. The fraction of sp³-hybridized carbons (Fsp3) is 0.654. The van der Waals surface area contributed by atoms with Gasteiger partial charge in [0.05, 0.1) is 25.9 Å². The van der Waals surface area contributed by atoms with Crippen molar-refractivity contribution >= 4 is 69.5 Å². The van der Waals surface area contributed by atoms with Gasteiger partial charge in [-0.25, -0.2) is 29.1 Å². The van der Waals surface area contributed by atoms with Crippen LogP contribution in [0.15, 0.2) is 12.7 Å². The first-order chi connectivity index (χ1) is 37.8. The number of carbonyl (C=O) groups excluding carboxylic acids is 4. The molecule has 5 N–H and O–H groups in total. The molecule has 27 heteroatoms. The van der Waals surface area contributed by atoms with E-state index in [0.29, 0.717) is 42.1 Å². The van der Waals surface area contributed by atoms with Crippen LogP contribution in [0.4, 0.5) is 39.6 Å². The summed E-state index contributed by atoms with van der Waals surface area (Å²) in [4.78, 5) is 70.2. The largest absolute Gasteiger partial charge is 0.508 e. The van der Waals surface area contributed by atoms with Crippen LogP contribution in [0.3, 0.4) is 0 Å². The fourth-order valence-electron chi connectivity index (χ4n) is 14.3. The summed E-state index contributed by atoms with van der Waals surface area (Å²) in [5.41, 5.74) is 7.06. The number of aliphatic hydroxyl groups is 1. The molecule has 8 bridgehead atoms. The minimum absolute atomic E-state index is 0.00733. The highest BCUT2D eigenvalue weighted by atomic mass is 35.5. The van der Waals surface area contributed by atoms with Crippen LogP contribution in [0, 0.1) is 72.4 Å². The summed E-state index contributed by atoms with van der Waals surface area (Å²) in [7, 11) is 0. The highest BCUT2D eigenvalue weighted by Crippen LogP contribution is 2.58. The zero-order valence-electron chi connectivity index (χ0n) is 43.4. The van der Waals surface area contributed by atoms with Gasteiger partial charge in [-0.15, -0.1) is 12.8 Å². The summed E-state index contributed by atoms with van der Waals surface area (Å²) in [6.07, 6.45) is 18.2. The average molecular weight is 1120 g/mol. The van der Waals surface area contributed by atoms with E-state index in [9.17, 15) is 33.1 Å². The van der Waals surface area contributed by atoms with Crippen molar-refractivity contribution in [2.75, 3.05) is 37.9 Å². The molecular weight excluding hydrogens is 1060 g/mol. The number of terminal acetylenes is 2. The molecule has 0 amide bonds. The molecule has 2 aliphatic heterocycles. The number of aromatic nitrogens is 8. The number of anilines is 2. The lowest BCUT2D eigenvalue weighted by atomic mass is 9.54. The first-order valence-corrected chi connectivity index (χ1v) is 26.8. The molecule has 10 aliphatic rings. The summed E-state index contributed by atoms with van der Waals surface area (Å²) in [5, 5.41) is 10.7. The van der Waals surface area contributed by atoms with Gasteiger partial charge in [-0.05, 0) is 126 Å². The molecule has 4 aromatic heterocycles. The topological polar surface area (TPSA) is 311 Å². The fourth-order valence-corrected chi connectivity index (χ4v) is 14.4. The first kappa shape index (κ1) is 55.4. The third-order valence-electron chi connectivity index (χ3n) is 16.7. The molecule has 0 radical (unpaired) electrons. The Labute approximate surface area is 456 Å². The molecule has 8 aliphatic carbocycles. The maximum atomic E-state index is 13.9. The first-order valence-electron chi connectivity index (χ1n) is 26.4. The number of nitrogen functional groups attached to an aromatic ring is 2. The van der Waals surface area contributed by atoms with Crippen molar-refractivity contribution in [3.63, 3.8) is 0 Å². The van der Waals surface area contributed by atoms with E-state index in [2.05, 4.69) is 46.5 Å². The van der Waals surface area contributed by atoms with Gasteiger partial charge in [-0.3, -0.25) is 9.13 Å². The molecule has 8 saturated carbocycles. The van der Waals surface area contributed by atoms with Gasteiger partial charge < -0.3 is 59.2 Å². The standard InChI is InChI=1S/C26H30FN5O7.C23H26FN5O5.C3H5ClO2/c1-3-26(12-36-24(34)39-25-9-14-5-15(10-25)7-16(6-14)11-25)17(37-23(33)35-4-2)8-18(38-26)32-13-29-19-20(28)30-22(27)31-21(19)32;1-2-23(10-32-21(31)34-22-7-12-3-13(8-22)5-14(4-12)9-22)15(30)6-16(33-23)29-11-26-17-18(25)27-20(24)28-19(17)29;1-2-6-3(4)5/h1,13-18H,4-12H2,2H3,(H2,28,30,31);1,11-16,30H,3-10H2,(H2,25,27,28);2H2,1H3/t14?,15?,16?,17-,18+,25?,26+;12?,13?,14?,15-,16+,22?,23+;/m00./s1. The van der Waals surface area contributed by atoms with E-state index in [1.54, 1.807) is 13.8 Å². The van der Waals surface area contributed by atoms with Crippen molar-refractivity contribution in [3.05, 3.63) is 24.8 Å². The lowest BCUT2D eigenvalue weighted by Gasteiger charge is -2.55. The van der Waals surface area contributed by atoms with E-state index in [4.69, 9.17) is 73.8 Å².